The zero-order valence-corrected chi connectivity index (χ0v) is 6.24. The van der Waals surface area contributed by atoms with Crippen molar-refractivity contribution in [2.24, 2.45) is 0 Å². The van der Waals surface area contributed by atoms with E-state index in [1.165, 1.54) is 0 Å². The molecule has 0 fully saturated rings. The van der Waals surface area contributed by atoms with E-state index in [2.05, 4.69) is 0 Å². The number of phosphoric acid groups is 1. The second-order valence-electron chi connectivity index (χ2n) is 0.513. The van der Waals surface area contributed by atoms with Crippen LogP contribution in [0.2, 0.25) is 0 Å². The Labute approximate surface area is 55.4 Å². The van der Waals surface area contributed by atoms with E-state index in [9.17, 15) is 0 Å². The topological polar surface area (TPSA) is 109 Å². The summed E-state index contributed by atoms with van der Waals surface area (Å²) in [6.45, 7) is 0. The van der Waals surface area contributed by atoms with Crippen molar-refractivity contribution in [3.05, 3.63) is 0 Å². The van der Waals surface area contributed by atoms with Gasteiger partial charge in [-0.25, -0.2) is 4.57 Å². The quantitative estimate of drug-likeness (QED) is 0.324. The summed E-state index contributed by atoms with van der Waals surface area (Å²) in [4.78, 5) is 21.6. The summed E-state index contributed by atoms with van der Waals surface area (Å²) in [6.07, 6.45) is 0. The fourth-order valence-electron chi connectivity index (χ4n) is 0. The second-order valence-corrected chi connectivity index (χ2v) is 1.54. The molecular formula is H5NbO5P. The summed E-state index contributed by atoms with van der Waals surface area (Å²) in [6, 6.07) is 0. The molecule has 0 aliphatic heterocycles. The summed E-state index contributed by atoms with van der Waals surface area (Å²) in [5.41, 5.74) is 0. The molecule has 5 nitrogen and oxygen atoms in total. The van der Waals surface area contributed by atoms with Gasteiger partial charge in [0, 0.05) is 22.4 Å². The SMILES string of the molecule is O.O=P(O)(O)O.[Nb]. The minimum absolute atomic E-state index is 0. The molecule has 0 aromatic rings. The molecule has 0 heterocycles. The molecule has 7 heavy (non-hydrogen) atoms. The normalized spacial score (nSPS) is 8.43. The Morgan fingerprint density at radius 1 is 1.14 bits per heavy atom. The summed E-state index contributed by atoms with van der Waals surface area (Å²) in [5.74, 6) is 0. The molecule has 7 heteroatoms. The van der Waals surface area contributed by atoms with Crippen molar-refractivity contribution in [1.29, 1.82) is 0 Å². The van der Waals surface area contributed by atoms with Crippen LogP contribution in [0.5, 0.6) is 0 Å². The van der Waals surface area contributed by atoms with Gasteiger partial charge in [0.1, 0.15) is 0 Å². The van der Waals surface area contributed by atoms with Crippen LogP contribution >= 0.6 is 7.82 Å². The molecule has 1 radical (unpaired) electrons. The summed E-state index contributed by atoms with van der Waals surface area (Å²) < 4.78 is 8.88. The van der Waals surface area contributed by atoms with Crippen molar-refractivity contribution in [2.75, 3.05) is 0 Å². The van der Waals surface area contributed by atoms with Gasteiger partial charge in [-0.05, 0) is 0 Å². The predicted octanol–water partition coefficient (Wildman–Crippen LogP) is -1.76. The van der Waals surface area contributed by atoms with E-state index in [1.54, 1.807) is 0 Å². The molecule has 45 valence electrons. The van der Waals surface area contributed by atoms with Gasteiger partial charge in [-0.15, -0.1) is 0 Å². The van der Waals surface area contributed by atoms with Crippen LogP contribution in [-0.2, 0) is 26.9 Å². The Kier molecular flexibility index (Phi) is 11.1. The van der Waals surface area contributed by atoms with Gasteiger partial charge in [-0.3, -0.25) is 0 Å². The zero-order valence-electron chi connectivity index (χ0n) is 3.14. The van der Waals surface area contributed by atoms with Gasteiger partial charge in [-0.2, -0.15) is 0 Å². The van der Waals surface area contributed by atoms with E-state index < -0.39 is 7.82 Å². The van der Waals surface area contributed by atoms with Gasteiger partial charge in [-0.1, -0.05) is 0 Å². The third-order valence-electron chi connectivity index (χ3n) is 0. The fraction of sp³-hybridized carbons (Fsp3) is 0. The first-order valence-electron chi connectivity index (χ1n) is 0.783. The number of rotatable bonds is 0. The Hall–Kier alpha value is 0.810. The third-order valence-corrected chi connectivity index (χ3v) is 0. The van der Waals surface area contributed by atoms with Crippen molar-refractivity contribution in [1.82, 2.24) is 0 Å². The van der Waals surface area contributed by atoms with Gasteiger partial charge >= 0.3 is 7.82 Å². The molecule has 0 spiro atoms. The smallest absolute Gasteiger partial charge is 0.412 e. The van der Waals surface area contributed by atoms with E-state index in [4.69, 9.17) is 19.2 Å². The largest absolute Gasteiger partial charge is 0.466 e. The molecule has 0 unspecified atom stereocenters. The molecule has 5 N–H and O–H groups in total. The molecule has 0 aromatic heterocycles. The fourth-order valence-corrected chi connectivity index (χ4v) is 0. The maximum atomic E-state index is 8.88. The maximum absolute atomic E-state index is 8.88. The van der Waals surface area contributed by atoms with Crippen LogP contribution < -0.4 is 0 Å². The van der Waals surface area contributed by atoms with Gasteiger partial charge in [0.2, 0.25) is 0 Å². The Morgan fingerprint density at radius 2 is 1.14 bits per heavy atom. The zero-order chi connectivity index (χ0) is 4.50. The Morgan fingerprint density at radius 3 is 1.14 bits per heavy atom. The Balaban J connectivity index is -0.0000000800. The van der Waals surface area contributed by atoms with Crippen LogP contribution in [0.15, 0.2) is 0 Å². The van der Waals surface area contributed by atoms with Crippen LogP contribution in [-0.4, -0.2) is 20.2 Å². The maximum Gasteiger partial charge on any atom is 0.466 e. The standard InChI is InChI=1S/Nb.H3O4P.H2O/c;1-5(2,3)4;/h;(H3,1,2,3,4);1H2. The van der Waals surface area contributed by atoms with Gasteiger partial charge in [0.15, 0.2) is 0 Å². The molecule has 0 saturated carbocycles. The molecule has 0 bridgehead atoms. The number of hydrogen-bond donors (Lipinski definition) is 3. The van der Waals surface area contributed by atoms with Crippen molar-refractivity contribution < 1.29 is 47.1 Å². The first kappa shape index (κ1) is 15.7. The van der Waals surface area contributed by atoms with E-state index in [0.29, 0.717) is 0 Å². The van der Waals surface area contributed by atoms with Gasteiger partial charge < -0.3 is 20.2 Å². The predicted molar refractivity (Wildman–Crippen MR) is 17.9 cm³/mol. The van der Waals surface area contributed by atoms with Crippen molar-refractivity contribution >= 4 is 7.82 Å². The first-order chi connectivity index (χ1) is 2.00. The second kappa shape index (κ2) is 4.96. The van der Waals surface area contributed by atoms with Crippen LogP contribution in [0.25, 0.3) is 0 Å². The van der Waals surface area contributed by atoms with Crippen LogP contribution in [0.1, 0.15) is 0 Å². The van der Waals surface area contributed by atoms with Crippen molar-refractivity contribution in [3.63, 3.8) is 0 Å². The minimum Gasteiger partial charge on any atom is -0.412 e. The summed E-state index contributed by atoms with van der Waals surface area (Å²) in [7, 11) is -4.64. The first-order valence-corrected chi connectivity index (χ1v) is 2.35. The summed E-state index contributed by atoms with van der Waals surface area (Å²) in [5, 5.41) is 0. The van der Waals surface area contributed by atoms with Crippen LogP contribution in [0, 0.1) is 0 Å². The third kappa shape index (κ3) is 240. The van der Waals surface area contributed by atoms with E-state index in [-0.39, 0.29) is 27.9 Å². The number of hydrogen-bond acceptors (Lipinski definition) is 1. The van der Waals surface area contributed by atoms with Crippen molar-refractivity contribution in [2.45, 2.75) is 0 Å². The van der Waals surface area contributed by atoms with Crippen LogP contribution in [0.3, 0.4) is 0 Å². The summed E-state index contributed by atoms with van der Waals surface area (Å²) >= 11 is 0. The molecule has 0 aromatic carbocycles. The van der Waals surface area contributed by atoms with E-state index >= 15 is 0 Å². The molecule has 0 rings (SSSR count). The van der Waals surface area contributed by atoms with E-state index in [1.807, 2.05) is 0 Å². The molecule has 0 amide bonds. The van der Waals surface area contributed by atoms with Crippen molar-refractivity contribution in [3.8, 4) is 0 Å². The average Bonchev–Trinajstić information content (AvgIpc) is 0.722. The molecular weight excluding hydrogens is 204 g/mol. The monoisotopic (exact) mass is 209 g/mol. The van der Waals surface area contributed by atoms with Gasteiger partial charge in [0.05, 0.1) is 0 Å². The van der Waals surface area contributed by atoms with Gasteiger partial charge in [0.25, 0.3) is 0 Å². The molecule has 0 saturated heterocycles. The molecule has 0 aliphatic rings. The van der Waals surface area contributed by atoms with Crippen LogP contribution in [0.4, 0.5) is 0 Å². The molecule has 0 atom stereocenters. The average molecular weight is 209 g/mol. The minimum atomic E-state index is -4.64. The molecule has 0 aliphatic carbocycles. The Bertz CT molecular complexity index is 54.2. The van der Waals surface area contributed by atoms with E-state index in [0.717, 1.165) is 0 Å².